The van der Waals surface area contributed by atoms with Gasteiger partial charge in [0.25, 0.3) is 0 Å². The number of nitrogens with one attached hydrogen (secondary N) is 2. The lowest BCUT2D eigenvalue weighted by Crippen LogP contribution is -2.39. The van der Waals surface area contributed by atoms with E-state index in [1.807, 2.05) is 0 Å². The standard InChI is InChI=1S/C15H13F3N2O4/c16-15(17,18)9-3-1-4-10(7-9)19-13(22)14(23)20-11(8-21)12-5-2-6-24-12/h1-7,11,21H,8H2,(H,19,22)(H,20,23). The first-order valence-corrected chi connectivity index (χ1v) is 6.74. The number of furan rings is 1. The third kappa shape index (κ3) is 4.35. The van der Waals surface area contributed by atoms with Crippen LogP contribution in [0.3, 0.4) is 0 Å². The first kappa shape index (κ1) is 17.5. The molecule has 6 nitrogen and oxygen atoms in total. The van der Waals surface area contributed by atoms with Gasteiger partial charge in [0.15, 0.2) is 0 Å². The molecule has 0 aliphatic heterocycles. The molecule has 2 amide bonds. The van der Waals surface area contributed by atoms with Crippen LogP contribution in [0.5, 0.6) is 0 Å². The summed E-state index contributed by atoms with van der Waals surface area (Å²) >= 11 is 0. The minimum atomic E-state index is -4.57. The number of carbonyl (C=O) groups excluding carboxylic acids is 2. The van der Waals surface area contributed by atoms with Gasteiger partial charge in [0.2, 0.25) is 0 Å². The summed E-state index contributed by atoms with van der Waals surface area (Å²) in [5.41, 5.74) is -1.13. The maximum Gasteiger partial charge on any atom is 0.416 e. The molecule has 0 aliphatic rings. The highest BCUT2D eigenvalue weighted by Gasteiger charge is 2.30. The highest BCUT2D eigenvalue weighted by molar-refractivity contribution is 6.39. The molecular weight excluding hydrogens is 329 g/mol. The lowest BCUT2D eigenvalue weighted by molar-refractivity contribution is -0.137. The number of hydrogen-bond donors (Lipinski definition) is 3. The molecule has 9 heteroatoms. The largest absolute Gasteiger partial charge is 0.467 e. The number of halogens is 3. The van der Waals surface area contributed by atoms with E-state index < -0.39 is 36.2 Å². The van der Waals surface area contributed by atoms with Crippen LogP contribution < -0.4 is 10.6 Å². The number of rotatable bonds is 4. The van der Waals surface area contributed by atoms with Crippen LogP contribution in [0.4, 0.5) is 18.9 Å². The summed E-state index contributed by atoms with van der Waals surface area (Å²) < 4.78 is 42.8. The van der Waals surface area contributed by atoms with Gasteiger partial charge in [0.1, 0.15) is 11.8 Å². The van der Waals surface area contributed by atoms with Gasteiger partial charge in [-0.25, -0.2) is 0 Å². The fourth-order valence-electron chi connectivity index (χ4n) is 1.88. The second-order valence-electron chi connectivity index (χ2n) is 4.76. The fraction of sp³-hybridized carbons (Fsp3) is 0.200. The molecule has 128 valence electrons. The molecule has 0 bridgehead atoms. The maximum atomic E-state index is 12.6. The molecule has 1 heterocycles. The average Bonchev–Trinajstić information content (AvgIpc) is 3.06. The molecule has 0 saturated heterocycles. The van der Waals surface area contributed by atoms with Crippen molar-refractivity contribution in [3.63, 3.8) is 0 Å². The van der Waals surface area contributed by atoms with Gasteiger partial charge in [-0.1, -0.05) is 6.07 Å². The van der Waals surface area contributed by atoms with E-state index in [9.17, 15) is 27.9 Å². The SMILES string of the molecule is O=C(Nc1cccc(C(F)(F)F)c1)C(=O)NC(CO)c1ccco1. The third-order valence-electron chi connectivity index (χ3n) is 3.03. The Labute approximate surface area is 134 Å². The lowest BCUT2D eigenvalue weighted by Gasteiger charge is -2.14. The van der Waals surface area contributed by atoms with Crippen LogP contribution in [0.1, 0.15) is 17.4 Å². The summed E-state index contributed by atoms with van der Waals surface area (Å²) in [6.07, 6.45) is -3.24. The molecule has 0 fully saturated rings. The zero-order valence-corrected chi connectivity index (χ0v) is 12.1. The monoisotopic (exact) mass is 342 g/mol. The Morgan fingerprint density at radius 1 is 1.17 bits per heavy atom. The number of carbonyl (C=O) groups is 2. The molecule has 0 spiro atoms. The van der Waals surface area contributed by atoms with E-state index in [1.165, 1.54) is 24.5 Å². The number of anilines is 1. The van der Waals surface area contributed by atoms with E-state index in [1.54, 1.807) is 0 Å². The highest BCUT2D eigenvalue weighted by atomic mass is 19.4. The Balaban J connectivity index is 2.03. The molecule has 0 aliphatic carbocycles. The van der Waals surface area contributed by atoms with E-state index in [2.05, 4.69) is 10.6 Å². The van der Waals surface area contributed by atoms with Crippen LogP contribution >= 0.6 is 0 Å². The van der Waals surface area contributed by atoms with Crippen LogP contribution in [0.25, 0.3) is 0 Å². The highest BCUT2D eigenvalue weighted by Crippen LogP contribution is 2.30. The van der Waals surface area contributed by atoms with Crippen molar-refractivity contribution >= 4 is 17.5 Å². The smallest absolute Gasteiger partial charge is 0.416 e. The van der Waals surface area contributed by atoms with Crippen LogP contribution in [0, 0.1) is 0 Å². The average molecular weight is 342 g/mol. The summed E-state index contributed by atoms with van der Waals surface area (Å²) in [6, 6.07) is 5.96. The number of hydrogen-bond acceptors (Lipinski definition) is 4. The maximum absolute atomic E-state index is 12.6. The van der Waals surface area contributed by atoms with Gasteiger partial charge in [0, 0.05) is 5.69 Å². The Morgan fingerprint density at radius 3 is 2.50 bits per heavy atom. The molecule has 0 saturated carbocycles. The number of aliphatic hydroxyl groups is 1. The van der Waals surface area contributed by atoms with Gasteiger partial charge in [-0.15, -0.1) is 0 Å². The minimum absolute atomic E-state index is 0.177. The Bertz CT molecular complexity index is 714. The fourth-order valence-corrected chi connectivity index (χ4v) is 1.88. The molecule has 0 radical (unpaired) electrons. The van der Waals surface area contributed by atoms with E-state index >= 15 is 0 Å². The van der Waals surface area contributed by atoms with E-state index in [4.69, 9.17) is 4.42 Å². The zero-order valence-electron chi connectivity index (χ0n) is 12.1. The van der Waals surface area contributed by atoms with Crippen molar-refractivity contribution in [1.82, 2.24) is 5.32 Å². The van der Waals surface area contributed by atoms with E-state index in [-0.39, 0.29) is 11.4 Å². The second kappa shape index (κ2) is 7.18. The van der Waals surface area contributed by atoms with E-state index in [0.717, 1.165) is 12.1 Å². The number of benzene rings is 1. The van der Waals surface area contributed by atoms with Gasteiger partial charge in [-0.2, -0.15) is 13.2 Å². The van der Waals surface area contributed by atoms with Gasteiger partial charge < -0.3 is 20.2 Å². The Morgan fingerprint density at radius 2 is 1.92 bits per heavy atom. The van der Waals surface area contributed by atoms with Gasteiger partial charge in [0.05, 0.1) is 18.4 Å². The summed E-state index contributed by atoms with van der Waals surface area (Å²) in [6.45, 7) is -0.518. The topological polar surface area (TPSA) is 91.6 Å². The number of alkyl halides is 3. The van der Waals surface area contributed by atoms with Gasteiger partial charge >= 0.3 is 18.0 Å². The van der Waals surface area contributed by atoms with Crippen molar-refractivity contribution in [1.29, 1.82) is 0 Å². The van der Waals surface area contributed by atoms with Crippen LogP contribution in [-0.4, -0.2) is 23.5 Å². The second-order valence-corrected chi connectivity index (χ2v) is 4.76. The molecular formula is C15H13F3N2O4. The van der Waals surface area contributed by atoms with Crippen LogP contribution in [-0.2, 0) is 15.8 Å². The molecule has 1 aromatic carbocycles. The first-order chi connectivity index (χ1) is 11.3. The van der Waals surface area contributed by atoms with Crippen molar-refractivity contribution in [3.05, 3.63) is 54.0 Å². The lowest BCUT2D eigenvalue weighted by atomic mass is 10.2. The predicted molar refractivity (Wildman–Crippen MR) is 76.8 cm³/mol. The quantitative estimate of drug-likeness (QED) is 0.742. The van der Waals surface area contributed by atoms with Crippen LogP contribution in [0.2, 0.25) is 0 Å². The van der Waals surface area contributed by atoms with Crippen molar-refractivity contribution < 1.29 is 32.3 Å². The number of aliphatic hydroxyl groups excluding tert-OH is 1. The molecule has 2 rings (SSSR count). The Hall–Kier alpha value is -2.81. The Kier molecular flexibility index (Phi) is 5.24. The van der Waals surface area contributed by atoms with Crippen molar-refractivity contribution in [3.8, 4) is 0 Å². The molecule has 1 unspecified atom stereocenters. The first-order valence-electron chi connectivity index (χ1n) is 6.74. The molecule has 1 atom stereocenters. The van der Waals surface area contributed by atoms with Gasteiger partial charge in [-0.05, 0) is 30.3 Å². The molecule has 3 N–H and O–H groups in total. The molecule has 24 heavy (non-hydrogen) atoms. The third-order valence-corrected chi connectivity index (χ3v) is 3.03. The summed E-state index contributed by atoms with van der Waals surface area (Å²) in [7, 11) is 0. The summed E-state index contributed by atoms with van der Waals surface area (Å²) in [4.78, 5) is 23.6. The summed E-state index contributed by atoms with van der Waals surface area (Å²) in [5.74, 6) is -2.06. The normalized spacial score (nSPS) is 12.5. The molecule has 2 aromatic rings. The molecule has 1 aromatic heterocycles. The van der Waals surface area contributed by atoms with Crippen LogP contribution in [0.15, 0.2) is 47.1 Å². The predicted octanol–water partition coefficient (Wildman–Crippen LogP) is 2.09. The van der Waals surface area contributed by atoms with Crippen molar-refractivity contribution in [2.24, 2.45) is 0 Å². The van der Waals surface area contributed by atoms with E-state index in [0.29, 0.717) is 6.07 Å². The minimum Gasteiger partial charge on any atom is -0.467 e. The van der Waals surface area contributed by atoms with Crippen molar-refractivity contribution in [2.45, 2.75) is 12.2 Å². The van der Waals surface area contributed by atoms with Crippen molar-refractivity contribution in [2.75, 3.05) is 11.9 Å². The zero-order chi connectivity index (χ0) is 17.7. The summed E-state index contributed by atoms with van der Waals surface area (Å²) in [5, 5.41) is 13.5. The number of amides is 2. The van der Waals surface area contributed by atoms with Gasteiger partial charge in [-0.3, -0.25) is 9.59 Å².